The zero-order valence-corrected chi connectivity index (χ0v) is 18.6. The van der Waals surface area contributed by atoms with E-state index in [1.807, 2.05) is 46.9 Å². The summed E-state index contributed by atoms with van der Waals surface area (Å²) in [6.07, 6.45) is 3.69. The Labute approximate surface area is 186 Å². The zero-order chi connectivity index (χ0) is 21.2. The molecule has 0 aliphatic heterocycles. The average Bonchev–Trinajstić information content (AvgIpc) is 3.46. The number of nitrogens with zero attached hydrogens (tertiary/aromatic N) is 6. The molecule has 31 heavy (non-hydrogen) atoms. The number of hydrogen-bond acceptors (Lipinski definition) is 7. The normalized spacial score (nSPS) is 11.5. The minimum absolute atomic E-state index is 0.0139. The number of aromatic nitrogens is 6. The number of thioether (sulfide) groups is 1. The number of unbranched alkanes of at least 4 members (excludes halogenated alkanes) is 1. The van der Waals surface area contributed by atoms with E-state index in [1.165, 1.54) is 0 Å². The Kier molecular flexibility index (Phi) is 5.52. The predicted molar refractivity (Wildman–Crippen MR) is 125 cm³/mol. The summed E-state index contributed by atoms with van der Waals surface area (Å²) in [5, 5.41) is 13.2. The van der Waals surface area contributed by atoms with Crippen LogP contribution in [0.1, 0.15) is 25.5 Å². The van der Waals surface area contributed by atoms with E-state index >= 15 is 0 Å². The molecule has 0 saturated heterocycles. The Bertz CT molecular complexity index is 1410. The van der Waals surface area contributed by atoms with Crippen molar-refractivity contribution in [2.24, 2.45) is 0 Å². The Balaban J connectivity index is 1.50. The highest BCUT2D eigenvalue weighted by Crippen LogP contribution is 2.27. The maximum Gasteiger partial charge on any atom is 0.262 e. The van der Waals surface area contributed by atoms with Crippen molar-refractivity contribution in [2.75, 3.05) is 0 Å². The van der Waals surface area contributed by atoms with Gasteiger partial charge in [-0.3, -0.25) is 18.7 Å². The summed E-state index contributed by atoms with van der Waals surface area (Å²) in [7, 11) is 0. The third-order valence-corrected chi connectivity index (χ3v) is 6.87. The molecule has 5 rings (SSSR count). The van der Waals surface area contributed by atoms with Gasteiger partial charge in [0.05, 0.1) is 22.3 Å². The van der Waals surface area contributed by atoms with Crippen molar-refractivity contribution in [2.45, 2.75) is 37.2 Å². The van der Waals surface area contributed by atoms with E-state index in [4.69, 9.17) is 4.98 Å². The van der Waals surface area contributed by atoms with E-state index in [1.54, 1.807) is 33.9 Å². The van der Waals surface area contributed by atoms with Crippen LogP contribution < -0.4 is 5.56 Å². The lowest BCUT2D eigenvalue weighted by atomic mass is 10.2. The molecule has 0 N–H and O–H groups in total. The lowest BCUT2D eigenvalue weighted by molar-refractivity contribution is 0.620. The molecule has 0 fully saturated rings. The van der Waals surface area contributed by atoms with E-state index in [0.29, 0.717) is 23.5 Å². The van der Waals surface area contributed by atoms with E-state index in [9.17, 15) is 4.79 Å². The van der Waals surface area contributed by atoms with E-state index < -0.39 is 0 Å². The average molecular weight is 449 g/mol. The van der Waals surface area contributed by atoms with E-state index in [0.717, 1.165) is 39.9 Å². The smallest absolute Gasteiger partial charge is 0.262 e. The molecule has 4 aromatic heterocycles. The second-order valence-corrected chi connectivity index (χ2v) is 8.89. The minimum atomic E-state index is -0.0139. The van der Waals surface area contributed by atoms with Gasteiger partial charge in [-0.15, -0.1) is 21.5 Å². The minimum Gasteiger partial charge on any atom is -0.276 e. The lowest BCUT2D eigenvalue weighted by Crippen LogP contribution is -2.23. The second-order valence-electron chi connectivity index (χ2n) is 7.09. The zero-order valence-electron chi connectivity index (χ0n) is 16.9. The van der Waals surface area contributed by atoms with Crippen molar-refractivity contribution < 1.29 is 0 Å². The molecule has 7 nitrogen and oxygen atoms in total. The molecule has 0 aliphatic rings. The molecule has 5 aromatic rings. The van der Waals surface area contributed by atoms with Crippen LogP contribution in [0.15, 0.2) is 64.0 Å². The molecule has 0 saturated carbocycles. The Morgan fingerprint density at radius 2 is 1.97 bits per heavy atom. The van der Waals surface area contributed by atoms with E-state index in [2.05, 4.69) is 27.5 Å². The highest BCUT2D eigenvalue weighted by atomic mass is 32.2. The SMILES string of the molecule is CCCCn1c(=O)c2ccccc2n2c(SCc3csc(-c4ccccn4)n3)nnc12. The maximum atomic E-state index is 13.0. The topological polar surface area (TPSA) is 78.0 Å². The molecule has 4 heterocycles. The fourth-order valence-electron chi connectivity index (χ4n) is 3.46. The molecular formula is C22H20N6OS2. The van der Waals surface area contributed by atoms with Crippen LogP contribution in [0.5, 0.6) is 0 Å². The van der Waals surface area contributed by atoms with Gasteiger partial charge >= 0.3 is 0 Å². The first-order valence-corrected chi connectivity index (χ1v) is 12.0. The molecule has 156 valence electrons. The fourth-order valence-corrected chi connectivity index (χ4v) is 5.20. The van der Waals surface area contributed by atoms with Crippen molar-refractivity contribution in [3.63, 3.8) is 0 Å². The van der Waals surface area contributed by atoms with Crippen molar-refractivity contribution in [3.8, 4) is 10.7 Å². The summed E-state index contributed by atoms with van der Waals surface area (Å²) >= 11 is 3.15. The van der Waals surface area contributed by atoms with Gasteiger partial charge in [0.25, 0.3) is 5.56 Å². The summed E-state index contributed by atoms with van der Waals surface area (Å²) in [5.74, 6) is 1.25. The molecule has 0 unspecified atom stereocenters. The van der Waals surface area contributed by atoms with Gasteiger partial charge in [-0.25, -0.2) is 4.98 Å². The first-order chi connectivity index (χ1) is 15.3. The van der Waals surface area contributed by atoms with Gasteiger partial charge in [0.2, 0.25) is 5.78 Å². The molecule has 0 atom stereocenters. The van der Waals surface area contributed by atoms with Crippen LogP contribution in [0.4, 0.5) is 0 Å². The molecule has 9 heteroatoms. The second kappa shape index (κ2) is 8.60. The number of hydrogen-bond donors (Lipinski definition) is 0. The van der Waals surface area contributed by atoms with Gasteiger partial charge in [0.15, 0.2) is 5.16 Å². The Morgan fingerprint density at radius 1 is 1.10 bits per heavy atom. The number of fused-ring (bicyclic) bond motifs is 3. The monoisotopic (exact) mass is 448 g/mol. The first-order valence-electron chi connectivity index (χ1n) is 10.1. The Hall–Kier alpha value is -3.04. The van der Waals surface area contributed by atoms with Gasteiger partial charge < -0.3 is 0 Å². The maximum absolute atomic E-state index is 13.0. The molecule has 0 bridgehead atoms. The first kappa shape index (κ1) is 19.9. The summed E-state index contributed by atoms with van der Waals surface area (Å²) in [4.78, 5) is 22.1. The van der Waals surface area contributed by atoms with Crippen LogP contribution in [0.2, 0.25) is 0 Å². The van der Waals surface area contributed by atoms with Gasteiger partial charge in [0.1, 0.15) is 5.01 Å². The predicted octanol–water partition coefficient (Wildman–Crippen LogP) is 4.66. The number of benzene rings is 1. The highest BCUT2D eigenvalue weighted by Gasteiger charge is 2.17. The molecule has 0 radical (unpaired) electrons. The molecule has 0 aliphatic carbocycles. The summed E-state index contributed by atoms with van der Waals surface area (Å²) < 4.78 is 3.73. The van der Waals surface area contributed by atoms with Crippen molar-refractivity contribution in [1.82, 2.24) is 29.1 Å². The largest absolute Gasteiger partial charge is 0.276 e. The van der Waals surface area contributed by atoms with Crippen LogP contribution >= 0.6 is 23.1 Å². The van der Waals surface area contributed by atoms with Crippen LogP contribution in [0.3, 0.4) is 0 Å². The van der Waals surface area contributed by atoms with Crippen LogP contribution in [0.25, 0.3) is 27.4 Å². The summed E-state index contributed by atoms with van der Waals surface area (Å²) in [6, 6.07) is 13.5. The number of para-hydroxylation sites is 1. The number of pyridine rings is 1. The van der Waals surface area contributed by atoms with E-state index in [-0.39, 0.29) is 5.56 Å². The summed E-state index contributed by atoms with van der Waals surface area (Å²) in [5.41, 5.74) is 2.66. The standard InChI is InChI=1S/C22H20N6OS2/c1-2-3-12-27-20(29)16-8-4-5-10-18(16)28-21(27)25-26-22(28)31-14-15-13-30-19(24-15)17-9-6-7-11-23-17/h4-11,13H,2-3,12,14H2,1H3. The molecule has 0 spiro atoms. The Morgan fingerprint density at radius 3 is 2.81 bits per heavy atom. The van der Waals surface area contributed by atoms with Gasteiger partial charge in [0, 0.05) is 23.9 Å². The number of rotatable bonds is 7. The molecule has 1 aromatic carbocycles. The van der Waals surface area contributed by atoms with Gasteiger partial charge in [-0.1, -0.05) is 43.3 Å². The van der Waals surface area contributed by atoms with Crippen molar-refractivity contribution >= 4 is 39.8 Å². The third-order valence-electron chi connectivity index (χ3n) is 5.00. The quantitative estimate of drug-likeness (QED) is 0.337. The highest BCUT2D eigenvalue weighted by molar-refractivity contribution is 7.98. The van der Waals surface area contributed by atoms with Crippen LogP contribution in [-0.4, -0.2) is 29.1 Å². The lowest BCUT2D eigenvalue weighted by Gasteiger charge is -2.10. The van der Waals surface area contributed by atoms with Crippen LogP contribution in [-0.2, 0) is 12.3 Å². The number of aryl methyl sites for hydroxylation is 1. The third kappa shape index (κ3) is 3.75. The number of thiazole rings is 1. The summed E-state index contributed by atoms with van der Waals surface area (Å²) in [6.45, 7) is 2.74. The van der Waals surface area contributed by atoms with Gasteiger partial charge in [-0.05, 0) is 30.7 Å². The van der Waals surface area contributed by atoms with Crippen molar-refractivity contribution in [3.05, 3.63) is 70.1 Å². The van der Waals surface area contributed by atoms with Crippen LogP contribution in [0, 0.1) is 0 Å². The molecule has 0 amide bonds. The van der Waals surface area contributed by atoms with Gasteiger partial charge in [-0.2, -0.15) is 0 Å². The fraction of sp³-hybridized carbons (Fsp3) is 0.227. The molecular weight excluding hydrogens is 428 g/mol. The van der Waals surface area contributed by atoms with Crippen molar-refractivity contribution in [1.29, 1.82) is 0 Å².